The van der Waals surface area contributed by atoms with Gasteiger partial charge in [0.1, 0.15) is 17.9 Å². The van der Waals surface area contributed by atoms with Crippen LogP contribution in [0.5, 0.6) is 5.75 Å². The van der Waals surface area contributed by atoms with Crippen LogP contribution in [0.3, 0.4) is 0 Å². The normalized spacial score (nSPS) is 11.4. The molecule has 4 nitrogen and oxygen atoms in total. The minimum atomic E-state index is -0.348. The predicted octanol–water partition coefficient (Wildman–Crippen LogP) is 2.73. The highest BCUT2D eigenvalue weighted by Crippen LogP contribution is 2.22. The molecule has 19 heavy (non-hydrogen) atoms. The van der Waals surface area contributed by atoms with Gasteiger partial charge in [-0.2, -0.15) is 0 Å². The molecule has 0 radical (unpaired) electrons. The van der Waals surface area contributed by atoms with E-state index < -0.39 is 0 Å². The third-order valence-corrected chi connectivity index (χ3v) is 2.73. The summed E-state index contributed by atoms with van der Waals surface area (Å²) in [7, 11) is 1.36. The van der Waals surface area contributed by atoms with E-state index in [9.17, 15) is 4.79 Å². The summed E-state index contributed by atoms with van der Waals surface area (Å²) >= 11 is 0. The van der Waals surface area contributed by atoms with E-state index in [0.717, 1.165) is 10.9 Å². The summed E-state index contributed by atoms with van der Waals surface area (Å²) in [6.45, 7) is 1.99. The summed E-state index contributed by atoms with van der Waals surface area (Å²) in [5.74, 6) is 0.353. The average Bonchev–Trinajstić information content (AvgIpc) is 2.46. The molecule has 1 aromatic carbocycles. The van der Waals surface area contributed by atoms with Gasteiger partial charge in [0.15, 0.2) is 0 Å². The Hall–Kier alpha value is -2.36. The fourth-order valence-electron chi connectivity index (χ4n) is 1.69. The molecule has 1 aromatic heterocycles. The fraction of sp³-hybridized carbons (Fsp3) is 0.200. The second kappa shape index (κ2) is 6.00. The van der Waals surface area contributed by atoms with Crippen LogP contribution in [0.2, 0.25) is 0 Å². The van der Waals surface area contributed by atoms with Crippen LogP contribution in [-0.2, 0) is 9.53 Å². The number of para-hydroxylation sites is 1. The summed E-state index contributed by atoms with van der Waals surface area (Å²) in [4.78, 5) is 15.5. The molecular formula is C15H15NO3. The number of hydrogen-bond acceptors (Lipinski definition) is 4. The molecule has 2 aromatic rings. The van der Waals surface area contributed by atoms with Gasteiger partial charge in [0.25, 0.3) is 0 Å². The van der Waals surface area contributed by atoms with Crippen LogP contribution in [0.25, 0.3) is 10.9 Å². The van der Waals surface area contributed by atoms with E-state index in [4.69, 9.17) is 4.74 Å². The zero-order chi connectivity index (χ0) is 13.7. The third-order valence-electron chi connectivity index (χ3n) is 2.73. The van der Waals surface area contributed by atoms with Crippen molar-refractivity contribution < 1.29 is 14.3 Å². The lowest BCUT2D eigenvalue weighted by atomic mass is 10.2. The number of aromatic nitrogens is 1. The Balaban J connectivity index is 2.12. The van der Waals surface area contributed by atoms with Crippen molar-refractivity contribution in [3.63, 3.8) is 0 Å². The van der Waals surface area contributed by atoms with Crippen LogP contribution >= 0.6 is 0 Å². The zero-order valence-corrected chi connectivity index (χ0v) is 10.9. The van der Waals surface area contributed by atoms with Gasteiger partial charge in [0.2, 0.25) is 0 Å². The maximum atomic E-state index is 11.2. The van der Waals surface area contributed by atoms with Gasteiger partial charge in [-0.15, -0.1) is 0 Å². The number of benzene rings is 1. The first kappa shape index (κ1) is 13.1. The standard InChI is InChI=1S/C15H15NO3/c1-11(15(17)18-2)8-10-19-13-7-3-5-12-6-4-9-16-14(12)13/h3-9H,10H2,1-2H3. The molecule has 0 saturated heterocycles. The number of rotatable bonds is 4. The van der Waals surface area contributed by atoms with Gasteiger partial charge in [0, 0.05) is 17.2 Å². The first-order valence-electron chi connectivity index (χ1n) is 5.94. The van der Waals surface area contributed by atoms with E-state index in [0.29, 0.717) is 17.9 Å². The van der Waals surface area contributed by atoms with E-state index in [1.54, 1.807) is 19.2 Å². The quantitative estimate of drug-likeness (QED) is 0.624. The fourth-order valence-corrected chi connectivity index (χ4v) is 1.69. The number of pyridine rings is 1. The van der Waals surface area contributed by atoms with Crippen molar-refractivity contribution in [3.8, 4) is 5.75 Å². The lowest BCUT2D eigenvalue weighted by Crippen LogP contribution is -2.04. The lowest BCUT2D eigenvalue weighted by Gasteiger charge is -2.06. The van der Waals surface area contributed by atoms with Crippen LogP contribution in [0, 0.1) is 0 Å². The highest BCUT2D eigenvalue weighted by Gasteiger charge is 2.04. The van der Waals surface area contributed by atoms with Crippen molar-refractivity contribution in [1.29, 1.82) is 0 Å². The molecule has 4 heteroatoms. The first-order chi connectivity index (χ1) is 9.22. The minimum Gasteiger partial charge on any atom is -0.487 e. The molecule has 0 aliphatic heterocycles. The van der Waals surface area contributed by atoms with Crippen LogP contribution in [0.1, 0.15) is 6.92 Å². The summed E-state index contributed by atoms with van der Waals surface area (Å²) in [5.41, 5.74) is 1.34. The number of carbonyl (C=O) groups excluding carboxylic acids is 1. The molecule has 0 atom stereocenters. The molecule has 0 bridgehead atoms. The second-order valence-electron chi connectivity index (χ2n) is 4.02. The Morgan fingerprint density at radius 3 is 2.89 bits per heavy atom. The van der Waals surface area contributed by atoms with Crippen LogP contribution < -0.4 is 4.74 Å². The average molecular weight is 257 g/mol. The number of hydrogen-bond donors (Lipinski definition) is 0. The van der Waals surface area contributed by atoms with Gasteiger partial charge in [-0.05, 0) is 25.1 Å². The first-order valence-corrected chi connectivity index (χ1v) is 5.94. The van der Waals surface area contributed by atoms with Crippen molar-refractivity contribution in [2.45, 2.75) is 6.92 Å². The topological polar surface area (TPSA) is 48.4 Å². The Morgan fingerprint density at radius 1 is 1.32 bits per heavy atom. The maximum absolute atomic E-state index is 11.2. The van der Waals surface area contributed by atoms with Crippen molar-refractivity contribution >= 4 is 16.9 Å². The Labute approximate surface area is 111 Å². The smallest absolute Gasteiger partial charge is 0.333 e. The van der Waals surface area contributed by atoms with E-state index in [2.05, 4.69) is 9.72 Å². The Morgan fingerprint density at radius 2 is 2.11 bits per heavy atom. The zero-order valence-electron chi connectivity index (χ0n) is 10.9. The lowest BCUT2D eigenvalue weighted by molar-refractivity contribution is -0.136. The third kappa shape index (κ3) is 3.10. The van der Waals surface area contributed by atoms with E-state index in [-0.39, 0.29) is 5.97 Å². The number of fused-ring (bicyclic) bond motifs is 1. The number of carbonyl (C=O) groups is 1. The van der Waals surface area contributed by atoms with Gasteiger partial charge in [-0.3, -0.25) is 4.98 Å². The van der Waals surface area contributed by atoms with Gasteiger partial charge >= 0.3 is 5.97 Å². The van der Waals surface area contributed by atoms with E-state index >= 15 is 0 Å². The van der Waals surface area contributed by atoms with Gasteiger partial charge < -0.3 is 9.47 Å². The second-order valence-corrected chi connectivity index (χ2v) is 4.02. The molecule has 1 heterocycles. The summed E-state index contributed by atoms with van der Waals surface area (Å²) in [6.07, 6.45) is 3.42. The molecule has 2 rings (SSSR count). The van der Waals surface area contributed by atoms with Crippen molar-refractivity contribution in [2.75, 3.05) is 13.7 Å². The van der Waals surface area contributed by atoms with Crippen LogP contribution in [-0.4, -0.2) is 24.7 Å². The minimum absolute atomic E-state index is 0.302. The molecule has 0 unspecified atom stereocenters. The highest BCUT2D eigenvalue weighted by atomic mass is 16.5. The molecule has 0 N–H and O–H groups in total. The molecule has 0 amide bonds. The van der Waals surface area contributed by atoms with E-state index in [1.807, 2.05) is 30.3 Å². The monoisotopic (exact) mass is 257 g/mol. The molecule has 0 spiro atoms. The molecule has 0 aliphatic rings. The summed E-state index contributed by atoms with van der Waals surface area (Å²) < 4.78 is 10.2. The number of ether oxygens (including phenoxy) is 2. The van der Waals surface area contributed by atoms with Crippen LogP contribution in [0.15, 0.2) is 48.2 Å². The molecule has 0 fully saturated rings. The van der Waals surface area contributed by atoms with Crippen molar-refractivity contribution in [1.82, 2.24) is 4.98 Å². The largest absolute Gasteiger partial charge is 0.487 e. The maximum Gasteiger partial charge on any atom is 0.333 e. The highest BCUT2D eigenvalue weighted by molar-refractivity contribution is 5.87. The molecule has 98 valence electrons. The van der Waals surface area contributed by atoms with Crippen molar-refractivity contribution in [3.05, 3.63) is 48.2 Å². The SMILES string of the molecule is COC(=O)C(C)=CCOc1cccc2cccnc12. The summed E-state index contributed by atoms with van der Waals surface area (Å²) in [6, 6.07) is 9.61. The molecule has 0 aliphatic carbocycles. The van der Waals surface area contributed by atoms with Crippen LogP contribution in [0.4, 0.5) is 0 Å². The molecule has 0 saturated carbocycles. The van der Waals surface area contributed by atoms with E-state index in [1.165, 1.54) is 7.11 Å². The van der Waals surface area contributed by atoms with Gasteiger partial charge in [0.05, 0.1) is 7.11 Å². The van der Waals surface area contributed by atoms with Crippen molar-refractivity contribution in [2.24, 2.45) is 0 Å². The van der Waals surface area contributed by atoms with Gasteiger partial charge in [-0.1, -0.05) is 18.2 Å². The number of nitrogens with zero attached hydrogens (tertiary/aromatic N) is 1. The Kier molecular flexibility index (Phi) is 4.13. The summed E-state index contributed by atoms with van der Waals surface area (Å²) in [5, 5.41) is 1.02. The molecular weight excluding hydrogens is 242 g/mol. The predicted molar refractivity (Wildman–Crippen MR) is 73.0 cm³/mol. The number of methoxy groups -OCH3 is 1. The van der Waals surface area contributed by atoms with Gasteiger partial charge in [-0.25, -0.2) is 4.79 Å². The Bertz CT molecular complexity index is 614. The number of esters is 1.